The third kappa shape index (κ3) is 3.50. The predicted molar refractivity (Wildman–Crippen MR) is 86.1 cm³/mol. The van der Waals surface area contributed by atoms with Crippen LogP contribution in [0, 0.1) is 0 Å². The first-order valence-electron chi connectivity index (χ1n) is 7.25. The summed E-state index contributed by atoms with van der Waals surface area (Å²) in [7, 11) is 2.78. The zero-order valence-corrected chi connectivity index (χ0v) is 13.6. The summed E-state index contributed by atoms with van der Waals surface area (Å²) in [6.07, 6.45) is 0.435. The first-order chi connectivity index (χ1) is 12.4. The lowest BCUT2D eigenvalue weighted by molar-refractivity contribution is -0.137. The van der Waals surface area contributed by atoms with Gasteiger partial charge in [-0.15, -0.1) is 0 Å². The molecular formula is C15H13F3N6O2. The average Bonchev–Trinajstić information content (AvgIpc) is 3.15. The minimum atomic E-state index is -4.56. The van der Waals surface area contributed by atoms with Gasteiger partial charge in [0, 0.05) is 19.3 Å². The van der Waals surface area contributed by atoms with Crippen molar-refractivity contribution in [2.45, 2.75) is 6.18 Å². The summed E-state index contributed by atoms with van der Waals surface area (Å²) in [6, 6.07) is 1.57. The van der Waals surface area contributed by atoms with Gasteiger partial charge in [0.15, 0.2) is 0 Å². The molecule has 26 heavy (non-hydrogen) atoms. The molecule has 3 rings (SSSR count). The molecule has 3 aromatic heterocycles. The van der Waals surface area contributed by atoms with Crippen molar-refractivity contribution in [3.8, 4) is 17.3 Å². The minimum absolute atomic E-state index is 0.0497. The third-order valence-electron chi connectivity index (χ3n) is 3.31. The maximum Gasteiger partial charge on any atom is 0.421 e. The van der Waals surface area contributed by atoms with Crippen LogP contribution in [0.25, 0.3) is 11.6 Å². The van der Waals surface area contributed by atoms with E-state index in [1.165, 1.54) is 32.8 Å². The highest BCUT2D eigenvalue weighted by Gasteiger charge is 2.35. The van der Waals surface area contributed by atoms with Crippen LogP contribution in [-0.2, 0) is 6.18 Å². The van der Waals surface area contributed by atoms with Crippen LogP contribution in [0.3, 0.4) is 0 Å². The zero-order chi connectivity index (χ0) is 18.7. The molecule has 0 unspecified atom stereocenters. The second kappa shape index (κ2) is 6.86. The van der Waals surface area contributed by atoms with Gasteiger partial charge in [-0.25, -0.2) is 15.0 Å². The van der Waals surface area contributed by atoms with Crippen LogP contribution >= 0.6 is 0 Å². The summed E-state index contributed by atoms with van der Waals surface area (Å²) in [5.41, 5.74) is -0.166. The summed E-state index contributed by atoms with van der Waals surface area (Å²) in [5.74, 6) is 0.269. The molecule has 0 bridgehead atoms. The van der Waals surface area contributed by atoms with E-state index in [0.717, 1.165) is 0 Å². The number of oxazole rings is 1. The van der Waals surface area contributed by atoms with Crippen molar-refractivity contribution in [2.24, 2.45) is 0 Å². The van der Waals surface area contributed by atoms with E-state index in [-0.39, 0.29) is 11.8 Å². The maximum atomic E-state index is 12.9. The van der Waals surface area contributed by atoms with Crippen LogP contribution in [0.5, 0.6) is 5.75 Å². The summed E-state index contributed by atoms with van der Waals surface area (Å²) in [4.78, 5) is 15.7. The molecule has 0 aliphatic carbocycles. The molecular weight excluding hydrogens is 353 g/mol. The number of alkyl halides is 3. The molecule has 11 heteroatoms. The van der Waals surface area contributed by atoms with E-state index in [9.17, 15) is 13.2 Å². The topological polar surface area (TPSA) is 98.0 Å². The summed E-state index contributed by atoms with van der Waals surface area (Å²) >= 11 is 0. The molecule has 136 valence electrons. The third-order valence-corrected chi connectivity index (χ3v) is 3.31. The number of pyridine rings is 1. The molecule has 0 aliphatic heterocycles. The van der Waals surface area contributed by atoms with Crippen LogP contribution in [0.1, 0.15) is 5.56 Å². The Morgan fingerprint density at radius 3 is 2.58 bits per heavy atom. The largest absolute Gasteiger partial charge is 0.494 e. The number of hydrogen-bond donors (Lipinski definition) is 2. The van der Waals surface area contributed by atoms with Crippen molar-refractivity contribution < 1.29 is 22.3 Å². The predicted octanol–water partition coefficient (Wildman–Crippen LogP) is 3.34. The van der Waals surface area contributed by atoms with Crippen LogP contribution in [0.15, 0.2) is 35.3 Å². The van der Waals surface area contributed by atoms with E-state index < -0.39 is 11.7 Å². The number of nitrogens with zero attached hydrogens (tertiary/aromatic N) is 4. The van der Waals surface area contributed by atoms with Crippen molar-refractivity contribution in [3.05, 3.63) is 36.5 Å². The van der Waals surface area contributed by atoms with Gasteiger partial charge in [-0.3, -0.25) is 0 Å². The van der Waals surface area contributed by atoms with Crippen LogP contribution in [-0.4, -0.2) is 34.1 Å². The van der Waals surface area contributed by atoms with Crippen molar-refractivity contribution in [1.82, 2.24) is 19.9 Å². The molecule has 0 amide bonds. The Balaban J connectivity index is 1.91. The van der Waals surface area contributed by atoms with Crippen LogP contribution in [0.4, 0.5) is 30.6 Å². The van der Waals surface area contributed by atoms with E-state index in [1.807, 2.05) is 0 Å². The number of nitrogens with one attached hydrogen (secondary N) is 2. The van der Waals surface area contributed by atoms with Gasteiger partial charge >= 0.3 is 6.18 Å². The Hall–Kier alpha value is -3.37. The second-order valence-corrected chi connectivity index (χ2v) is 4.94. The molecule has 0 aliphatic rings. The number of hydrogen-bond acceptors (Lipinski definition) is 8. The van der Waals surface area contributed by atoms with Crippen molar-refractivity contribution >= 4 is 17.5 Å². The Morgan fingerprint density at radius 1 is 1.15 bits per heavy atom. The van der Waals surface area contributed by atoms with E-state index in [1.54, 1.807) is 6.07 Å². The van der Waals surface area contributed by atoms with Crippen LogP contribution < -0.4 is 15.4 Å². The fraction of sp³-hybridized carbons (Fsp3) is 0.200. The van der Waals surface area contributed by atoms with Gasteiger partial charge in [-0.1, -0.05) is 0 Å². The number of ether oxygens (including phenoxy) is 1. The zero-order valence-electron chi connectivity index (χ0n) is 13.6. The number of methoxy groups -OCH3 is 1. The first kappa shape index (κ1) is 17.5. The summed E-state index contributed by atoms with van der Waals surface area (Å²) < 4.78 is 49.2. The number of halogens is 3. The van der Waals surface area contributed by atoms with Gasteiger partial charge in [0.25, 0.3) is 0 Å². The molecule has 0 saturated heterocycles. The monoisotopic (exact) mass is 366 g/mol. The van der Waals surface area contributed by atoms with E-state index in [2.05, 4.69) is 30.6 Å². The van der Waals surface area contributed by atoms with E-state index in [4.69, 9.17) is 9.15 Å². The molecule has 0 spiro atoms. The number of rotatable bonds is 5. The van der Waals surface area contributed by atoms with E-state index in [0.29, 0.717) is 29.2 Å². The molecule has 3 aromatic rings. The standard InChI is InChI=1S/C15H13F3N6O2/c1-19-12-8(15(16,17)18)6-22-14(24-12)23-10-7-21-9(5-11(10)25-2)13-20-3-4-26-13/h3-7H,1-2H3,(H2,19,22,23,24). The van der Waals surface area contributed by atoms with Crippen molar-refractivity contribution in [2.75, 3.05) is 24.8 Å². The second-order valence-electron chi connectivity index (χ2n) is 4.94. The summed E-state index contributed by atoms with van der Waals surface area (Å²) in [5, 5.41) is 5.19. The Morgan fingerprint density at radius 2 is 1.96 bits per heavy atom. The fourth-order valence-corrected chi connectivity index (χ4v) is 2.13. The van der Waals surface area contributed by atoms with Gasteiger partial charge < -0.3 is 19.8 Å². The van der Waals surface area contributed by atoms with Crippen molar-refractivity contribution in [3.63, 3.8) is 0 Å². The Bertz CT molecular complexity index is 899. The summed E-state index contributed by atoms with van der Waals surface area (Å²) in [6.45, 7) is 0. The van der Waals surface area contributed by atoms with Gasteiger partial charge in [-0.05, 0) is 0 Å². The van der Waals surface area contributed by atoms with Gasteiger partial charge in [0.05, 0.1) is 19.5 Å². The Labute approximate surface area is 145 Å². The van der Waals surface area contributed by atoms with E-state index >= 15 is 0 Å². The normalized spacial score (nSPS) is 11.3. The number of aromatic nitrogens is 4. The highest BCUT2D eigenvalue weighted by molar-refractivity contribution is 5.66. The maximum absolute atomic E-state index is 12.9. The molecule has 3 heterocycles. The SMILES string of the molecule is CNc1nc(Nc2cnc(-c3ncco3)cc2OC)ncc1C(F)(F)F. The lowest BCUT2D eigenvalue weighted by Crippen LogP contribution is -2.12. The average molecular weight is 366 g/mol. The molecule has 0 fully saturated rings. The van der Waals surface area contributed by atoms with Crippen LogP contribution in [0.2, 0.25) is 0 Å². The molecule has 0 saturated carbocycles. The smallest absolute Gasteiger partial charge is 0.421 e. The quantitative estimate of drug-likeness (QED) is 0.710. The number of anilines is 3. The van der Waals surface area contributed by atoms with Gasteiger partial charge in [-0.2, -0.15) is 18.2 Å². The van der Waals surface area contributed by atoms with Gasteiger partial charge in [0.1, 0.15) is 34.8 Å². The molecule has 0 aromatic carbocycles. The fourth-order valence-electron chi connectivity index (χ4n) is 2.13. The molecule has 0 radical (unpaired) electrons. The van der Waals surface area contributed by atoms with Gasteiger partial charge in [0.2, 0.25) is 11.8 Å². The highest BCUT2D eigenvalue weighted by Crippen LogP contribution is 2.34. The highest BCUT2D eigenvalue weighted by atomic mass is 19.4. The molecule has 2 N–H and O–H groups in total. The lowest BCUT2D eigenvalue weighted by atomic mass is 10.3. The van der Waals surface area contributed by atoms with Crippen molar-refractivity contribution in [1.29, 1.82) is 0 Å². The minimum Gasteiger partial charge on any atom is -0.494 e. The molecule has 8 nitrogen and oxygen atoms in total. The Kier molecular flexibility index (Phi) is 4.61. The first-order valence-corrected chi connectivity index (χ1v) is 7.25. The lowest BCUT2D eigenvalue weighted by Gasteiger charge is -2.14. The molecule has 0 atom stereocenters.